The van der Waals surface area contributed by atoms with Crippen molar-refractivity contribution < 1.29 is 14.3 Å². The molecule has 1 aliphatic heterocycles. The Morgan fingerprint density at radius 2 is 1.85 bits per heavy atom. The van der Waals surface area contributed by atoms with Gasteiger partial charge in [-0.05, 0) is 57.8 Å². The first-order valence-corrected chi connectivity index (χ1v) is 7.93. The molecule has 0 saturated heterocycles. The van der Waals surface area contributed by atoms with Crippen molar-refractivity contribution in [1.82, 2.24) is 4.90 Å². The van der Waals surface area contributed by atoms with E-state index in [2.05, 4.69) is 31.9 Å². The highest BCUT2D eigenvalue weighted by molar-refractivity contribution is 9.13. The zero-order chi connectivity index (χ0) is 14.7. The van der Waals surface area contributed by atoms with Gasteiger partial charge in [-0.15, -0.1) is 0 Å². The second kappa shape index (κ2) is 6.63. The number of rotatable bonds is 3. The number of nitrogens with zero attached hydrogens (tertiary/aromatic N) is 1. The molecule has 0 N–H and O–H groups in total. The Labute approximate surface area is 135 Å². The van der Waals surface area contributed by atoms with E-state index in [-0.39, 0.29) is 12.5 Å². The Kier molecular flexibility index (Phi) is 5.10. The lowest BCUT2D eigenvalue weighted by molar-refractivity contribution is -0.125. The molecule has 6 heteroatoms. The maximum absolute atomic E-state index is 12.0. The summed E-state index contributed by atoms with van der Waals surface area (Å²) in [6.45, 7) is 5.50. The van der Waals surface area contributed by atoms with E-state index in [1.54, 1.807) is 4.90 Å². The van der Waals surface area contributed by atoms with E-state index >= 15 is 0 Å². The molecule has 1 aliphatic rings. The molecule has 1 heterocycles. The molecule has 20 heavy (non-hydrogen) atoms. The number of likely N-dealkylation sites (N-methyl/N-ethyl adjacent to an activating group) is 1. The highest BCUT2D eigenvalue weighted by Crippen LogP contribution is 2.39. The Hall–Kier alpha value is -1.01. The molecule has 1 aromatic rings. The standard InChI is InChI=1S/C14H15Br2NO3/c1-3-17(4-2)14(18)5-9-8-19-12-6-10(15)11(16)7-13(12)20-9/h5-7H,3-4,8H2,1-2H3/b9-5+. The van der Waals surface area contributed by atoms with Gasteiger partial charge in [0.15, 0.2) is 11.5 Å². The predicted molar refractivity (Wildman–Crippen MR) is 84.0 cm³/mol. The Morgan fingerprint density at radius 3 is 2.45 bits per heavy atom. The van der Waals surface area contributed by atoms with Gasteiger partial charge in [-0.3, -0.25) is 4.79 Å². The summed E-state index contributed by atoms with van der Waals surface area (Å²) in [4.78, 5) is 13.7. The molecule has 108 valence electrons. The van der Waals surface area contributed by atoms with E-state index < -0.39 is 0 Å². The number of hydrogen-bond acceptors (Lipinski definition) is 3. The summed E-state index contributed by atoms with van der Waals surface area (Å²) in [6, 6.07) is 3.65. The minimum absolute atomic E-state index is 0.0618. The quantitative estimate of drug-likeness (QED) is 0.720. The van der Waals surface area contributed by atoms with Crippen molar-refractivity contribution in [2.75, 3.05) is 19.7 Å². The third kappa shape index (κ3) is 3.35. The lowest BCUT2D eigenvalue weighted by atomic mass is 10.3. The molecule has 4 nitrogen and oxygen atoms in total. The Morgan fingerprint density at radius 1 is 1.25 bits per heavy atom. The van der Waals surface area contributed by atoms with Crippen molar-refractivity contribution in [2.24, 2.45) is 0 Å². The molecule has 2 rings (SSSR count). The minimum Gasteiger partial charge on any atom is -0.482 e. The second-order valence-electron chi connectivity index (χ2n) is 4.22. The molecule has 0 aromatic heterocycles. The van der Waals surface area contributed by atoms with E-state index in [9.17, 15) is 4.79 Å². The van der Waals surface area contributed by atoms with Gasteiger partial charge in [-0.25, -0.2) is 0 Å². The fraction of sp³-hybridized carbons (Fsp3) is 0.357. The third-order valence-electron chi connectivity index (χ3n) is 2.96. The topological polar surface area (TPSA) is 38.8 Å². The highest BCUT2D eigenvalue weighted by Gasteiger charge is 2.19. The largest absolute Gasteiger partial charge is 0.482 e. The van der Waals surface area contributed by atoms with Gasteiger partial charge in [-0.2, -0.15) is 0 Å². The predicted octanol–water partition coefficient (Wildman–Crippen LogP) is 3.74. The zero-order valence-corrected chi connectivity index (χ0v) is 14.5. The summed E-state index contributed by atoms with van der Waals surface area (Å²) in [7, 11) is 0. The number of fused-ring (bicyclic) bond motifs is 1. The monoisotopic (exact) mass is 403 g/mol. The number of halogens is 2. The van der Waals surface area contributed by atoms with E-state index in [0.29, 0.717) is 30.3 Å². The average Bonchev–Trinajstić information content (AvgIpc) is 2.42. The maximum Gasteiger partial charge on any atom is 0.250 e. The lowest BCUT2D eigenvalue weighted by Crippen LogP contribution is -2.30. The van der Waals surface area contributed by atoms with Crippen molar-refractivity contribution in [3.63, 3.8) is 0 Å². The molecule has 1 aromatic carbocycles. The van der Waals surface area contributed by atoms with Gasteiger partial charge in [0.1, 0.15) is 12.4 Å². The van der Waals surface area contributed by atoms with Crippen LogP contribution in [0.2, 0.25) is 0 Å². The SMILES string of the molecule is CCN(CC)C(=O)/C=C1\COc2cc(Br)c(Br)cc2O1. The number of carbonyl (C=O) groups is 1. The number of hydrogen-bond donors (Lipinski definition) is 0. The van der Waals surface area contributed by atoms with Crippen LogP contribution in [0, 0.1) is 0 Å². The fourth-order valence-corrected chi connectivity index (χ4v) is 2.50. The van der Waals surface area contributed by atoms with Crippen LogP contribution < -0.4 is 9.47 Å². The molecule has 0 atom stereocenters. The molecular formula is C14H15Br2NO3. The lowest BCUT2D eigenvalue weighted by Gasteiger charge is -2.22. The molecule has 0 aliphatic carbocycles. The maximum atomic E-state index is 12.0. The normalized spacial score (nSPS) is 15.3. The molecule has 0 fully saturated rings. The van der Waals surface area contributed by atoms with Gasteiger partial charge in [0.25, 0.3) is 0 Å². The zero-order valence-electron chi connectivity index (χ0n) is 11.3. The molecule has 0 spiro atoms. The number of amides is 1. The summed E-state index contributed by atoms with van der Waals surface area (Å²) >= 11 is 6.82. The number of ether oxygens (including phenoxy) is 2. The smallest absolute Gasteiger partial charge is 0.250 e. The molecule has 0 radical (unpaired) electrons. The van der Waals surface area contributed by atoms with Crippen LogP contribution in [0.25, 0.3) is 0 Å². The van der Waals surface area contributed by atoms with Gasteiger partial charge < -0.3 is 14.4 Å². The summed E-state index contributed by atoms with van der Waals surface area (Å²) < 4.78 is 13.1. The van der Waals surface area contributed by atoms with Gasteiger partial charge in [0.05, 0.1) is 0 Å². The summed E-state index contributed by atoms with van der Waals surface area (Å²) in [6.07, 6.45) is 1.49. The van der Waals surface area contributed by atoms with Crippen molar-refractivity contribution in [1.29, 1.82) is 0 Å². The van der Waals surface area contributed by atoms with Crippen molar-refractivity contribution in [3.8, 4) is 11.5 Å². The highest BCUT2D eigenvalue weighted by atomic mass is 79.9. The molecule has 0 saturated carbocycles. The van der Waals surface area contributed by atoms with Crippen LogP contribution in [0.4, 0.5) is 0 Å². The van der Waals surface area contributed by atoms with Gasteiger partial charge >= 0.3 is 0 Å². The molecule has 0 unspecified atom stereocenters. The van der Waals surface area contributed by atoms with E-state index in [1.165, 1.54) is 6.08 Å². The molecular weight excluding hydrogens is 390 g/mol. The van der Waals surface area contributed by atoms with Crippen LogP contribution in [0.15, 0.2) is 32.9 Å². The fourth-order valence-electron chi connectivity index (χ4n) is 1.86. The summed E-state index contributed by atoms with van der Waals surface area (Å²) in [5.74, 6) is 1.72. The Bertz CT molecular complexity index is 554. The summed E-state index contributed by atoms with van der Waals surface area (Å²) in [5, 5.41) is 0. The first kappa shape index (κ1) is 15.4. The van der Waals surface area contributed by atoms with E-state index in [1.807, 2.05) is 26.0 Å². The molecule has 1 amide bonds. The van der Waals surface area contributed by atoms with E-state index in [0.717, 1.165) is 8.95 Å². The van der Waals surface area contributed by atoms with Crippen LogP contribution in [0.3, 0.4) is 0 Å². The van der Waals surface area contributed by atoms with Crippen LogP contribution in [-0.4, -0.2) is 30.5 Å². The summed E-state index contributed by atoms with van der Waals surface area (Å²) in [5.41, 5.74) is 0. The van der Waals surface area contributed by atoms with E-state index in [4.69, 9.17) is 9.47 Å². The molecule has 0 bridgehead atoms. The third-order valence-corrected chi connectivity index (χ3v) is 4.80. The number of benzene rings is 1. The average molecular weight is 405 g/mol. The first-order valence-electron chi connectivity index (χ1n) is 6.34. The van der Waals surface area contributed by atoms with Gasteiger partial charge in [0, 0.05) is 28.1 Å². The first-order chi connectivity index (χ1) is 9.55. The van der Waals surface area contributed by atoms with Crippen molar-refractivity contribution in [3.05, 3.63) is 32.9 Å². The van der Waals surface area contributed by atoms with Crippen molar-refractivity contribution >= 4 is 37.8 Å². The van der Waals surface area contributed by atoms with Crippen LogP contribution in [0.5, 0.6) is 11.5 Å². The van der Waals surface area contributed by atoms with Gasteiger partial charge in [0.2, 0.25) is 5.91 Å². The minimum atomic E-state index is -0.0618. The Balaban J connectivity index is 2.18. The number of carbonyl (C=O) groups excluding carboxylic acids is 1. The van der Waals surface area contributed by atoms with Crippen molar-refractivity contribution in [2.45, 2.75) is 13.8 Å². The van der Waals surface area contributed by atoms with Crippen LogP contribution in [0.1, 0.15) is 13.8 Å². The van der Waals surface area contributed by atoms with Crippen LogP contribution >= 0.6 is 31.9 Å². The van der Waals surface area contributed by atoms with Crippen LogP contribution in [-0.2, 0) is 4.79 Å². The van der Waals surface area contributed by atoms with Gasteiger partial charge in [-0.1, -0.05) is 0 Å². The second-order valence-corrected chi connectivity index (χ2v) is 5.93.